The molecule has 0 radical (unpaired) electrons. The van der Waals surface area contributed by atoms with Gasteiger partial charge in [0.15, 0.2) is 0 Å². The Hall–Kier alpha value is -1.61. The Kier molecular flexibility index (Phi) is 4.52. The van der Waals surface area contributed by atoms with Crippen LogP contribution < -0.4 is 5.32 Å². The monoisotopic (exact) mass is 304 g/mol. The maximum Gasteiger partial charge on any atom is 0.269 e. The topological polar surface area (TPSA) is 42.0 Å². The van der Waals surface area contributed by atoms with Gasteiger partial charge in [0.1, 0.15) is 5.69 Å². The minimum atomic E-state index is -0.182. The highest BCUT2D eigenvalue weighted by atomic mass is 35.5. The number of pyridine rings is 1. The smallest absolute Gasteiger partial charge is 0.269 e. The van der Waals surface area contributed by atoms with E-state index in [9.17, 15) is 4.79 Å². The van der Waals surface area contributed by atoms with E-state index < -0.39 is 0 Å². The number of hydrogen-bond acceptors (Lipinski definition) is 2. The van der Waals surface area contributed by atoms with Crippen LogP contribution in [0.15, 0.2) is 30.3 Å². The summed E-state index contributed by atoms with van der Waals surface area (Å²) in [5, 5.41) is 4.35. The van der Waals surface area contributed by atoms with E-state index in [1.54, 1.807) is 6.07 Å². The summed E-state index contributed by atoms with van der Waals surface area (Å²) in [5.74, 6) is 0.191. The number of para-hydroxylation sites is 1. The molecule has 0 spiro atoms. The van der Waals surface area contributed by atoms with E-state index in [0.29, 0.717) is 23.2 Å². The van der Waals surface area contributed by atoms with Gasteiger partial charge in [0.2, 0.25) is 0 Å². The summed E-state index contributed by atoms with van der Waals surface area (Å²) < 4.78 is 0. The number of carbonyl (C=O) groups is 1. The lowest BCUT2D eigenvalue weighted by atomic mass is 9.82. The minimum absolute atomic E-state index is 0.155. The first-order valence-electron chi connectivity index (χ1n) is 7.12. The third-order valence-corrected chi connectivity index (χ3v) is 4.26. The molecule has 3 nitrogen and oxygen atoms in total. The van der Waals surface area contributed by atoms with Crippen molar-refractivity contribution < 1.29 is 4.79 Å². The fourth-order valence-electron chi connectivity index (χ4n) is 1.89. The Labute approximate surface area is 130 Å². The number of carbonyl (C=O) groups excluding carboxylic acids is 1. The van der Waals surface area contributed by atoms with Crippen molar-refractivity contribution >= 4 is 28.4 Å². The molecule has 0 bridgehead atoms. The third kappa shape index (κ3) is 3.73. The fraction of sp³-hybridized carbons (Fsp3) is 0.412. The number of nitrogens with zero attached hydrogens (tertiary/aromatic N) is 1. The van der Waals surface area contributed by atoms with Gasteiger partial charge in [0.05, 0.1) is 10.5 Å². The van der Waals surface area contributed by atoms with Crippen LogP contribution in [0.4, 0.5) is 0 Å². The molecule has 0 aliphatic carbocycles. The first-order chi connectivity index (χ1) is 9.79. The van der Waals surface area contributed by atoms with E-state index in [2.05, 4.69) is 38.0 Å². The lowest BCUT2D eigenvalue weighted by Crippen LogP contribution is -2.34. The number of hydrogen-bond donors (Lipinski definition) is 1. The van der Waals surface area contributed by atoms with Crippen molar-refractivity contribution in [2.45, 2.75) is 27.7 Å². The fourth-order valence-corrected chi connectivity index (χ4v) is 2.15. The van der Waals surface area contributed by atoms with Crippen LogP contribution >= 0.6 is 11.6 Å². The van der Waals surface area contributed by atoms with E-state index in [4.69, 9.17) is 11.6 Å². The Morgan fingerprint density at radius 3 is 2.67 bits per heavy atom. The maximum absolute atomic E-state index is 12.2. The molecule has 0 saturated carbocycles. The van der Waals surface area contributed by atoms with Crippen LogP contribution in [0, 0.1) is 11.3 Å². The molecular weight excluding hydrogens is 284 g/mol. The molecule has 1 heterocycles. The zero-order chi connectivity index (χ0) is 15.6. The first kappa shape index (κ1) is 15.8. The van der Waals surface area contributed by atoms with Crippen molar-refractivity contribution in [3.8, 4) is 0 Å². The van der Waals surface area contributed by atoms with E-state index >= 15 is 0 Å². The molecule has 0 saturated heterocycles. The Balaban J connectivity index is 2.17. The van der Waals surface area contributed by atoms with Crippen molar-refractivity contribution in [3.05, 3.63) is 41.0 Å². The standard InChI is InChI=1S/C17H21ClN2O/c1-11(17(2,3)4)10-19-16(21)15-9-13(18)12-7-5-6-8-14(12)20-15/h5-9,11H,10H2,1-4H3,(H,19,21). The van der Waals surface area contributed by atoms with Crippen LogP contribution in [0.2, 0.25) is 5.02 Å². The highest BCUT2D eigenvalue weighted by Gasteiger charge is 2.21. The Bertz CT molecular complexity index is 661. The number of benzene rings is 1. The molecule has 2 rings (SSSR count). The number of halogens is 1. The average Bonchev–Trinajstić information content (AvgIpc) is 2.43. The molecule has 1 N–H and O–H groups in total. The number of fused-ring (bicyclic) bond motifs is 1. The predicted molar refractivity (Wildman–Crippen MR) is 87.7 cm³/mol. The van der Waals surface area contributed by atoms with Gasteiger partial charge in [-0.15, -0.1) is 0 Å². The van der Waals surface area contributed by atoms with Crippen LogP contribution in [-0.2, 0) is 0 Å². The van der Waals surface area contributed by atoms with Crippen LogP contribution in [0.1, 0.15) is 38.2 Å². The first-order valence-corrected chi connectivity index (χ1v) is 7.50. The van der Waals surface area contributed by atoms with Gasteiger partial charge in [-0.05, 0) is 23.5 Å². The van der Waals surface area contributed by atoms with E-state index in [0.717, 1.165) is 10.9 Å². The third-order valence-electron chi connectivity index (χ3n) is 3.95. The number of aromatic nitrogens is 1. The van der Waals surface area contributed by atoms with Gasteiger partial charge >= 0.3 is 0 Å². The van der Waals surface area contributed by atoms with Crippen molar-refractivity contribution in [1.29, 1.82) is 0 Å². The van der Waals surface area contributed by atoms with Crippen LogP contribution in [0.5, 0.6) is 0 Å². The van der Waals surface area contributed by atoms with Gasteiger partial charge in [-0.1, -0.05) is 57.5 Å². The summed E-state index contributed by atoms with van der Waals surface area (Å²) in [6.07, 6.45) is 0. The van der Waals surface area contributed by atoms with E-state index in [1.807, 2.05) is 24.3 Å². The largest absolute Gasteiger partial charge is 0.350 e. The van der Waals surface area contributed by atoms with Gasteiger partial charge in [-0.25, -0.2) is 4.98 Å². The quantitative estimate of drug-likeness (QED) is 0.918. The molecule has 1 unspecified atom stereocenters. The van der Waals surface area contributed by atoms with Crippen molar-refractivity contribution in [2.75, 3.05) is 6.54 Å². The second kappa shape index (κ2) is 6.02. The summed E-state index contributed by atoms with van der Waals surface area (Å²) >= 11 is 6.22. The summed E-state index contributed by atoms with van der Waals surface area (Å²) in [4.78, 5) is 16.6. The molecular formula is C17H21ClN2O. The highest BCUT2D eigenvalue weighted by Crippen LogP contribution is 2.25. The molecule has 112 valence electrons. The molecule has 4 heteroatoms. The zero-order valence-corrected chi connectivity index (χ0v) is 13.7. The number of nitrogens with one attached hydrogen (secondary N) is 1. The lowest BCUT2D eigenvalue weighted by Gasteiger charge is -2.27. The average molecular weight is 305 g/mol. The predicted octanol–water partition coefficient (Wildman–Crippen LogP) is 4.30. The summed E-state index contributed by atoms with van der Waals surface area (Å²) in [5.41, 5.74) is 1.25. The Morgan fingerprint density at radius 1 is 1.33 bits per heavy atom. The van der Waals surface area contributed by atoms with E-state index in [1.165, 1.54) is 0 Å². The molecule has 0 fully saturated rings. The van der Waals surface area contributed by atoms with Gasteiger partial charge in [0.25, 0.3) is 5.91 Å². The molecule has 1 atom stereocenters. The zero-order valence-electron chi connectivity index (χ0n) is 12.9. The molecule has 0 aliphatic rings. The van der Waals surface area contributed by atoms with Crippen molar-refractivity contribution in [2.24, 2.45) is 11.3 Å². The van der Waals surface area contributed by atoms with Gasteiger partial charge in [0, 0.05) is 11.9 Å². The highest BCUT2D eigenvalue weighted by molar-refractivity contribution is 6.35. The second-order valence-corrected chi connectivity index (χ2v) is 6.89. The molecule has 1 aromatic heterocycles. The van der Waals surface area contributed by atoms with E-state index in [-0.39, 0.29) is 11.3 Å². The molecule has 2 aromatic rings. The SMILES string of the molecule is CC(CNC(=O)c1cc(Cl)c2ccccc2n1)C(C)(C)C. The molecule has 1 aromatic carbocycles. The van der Waals surface area contributed by atoms with Crippen LogP contribution in [-0.4, -0.2) is 17.4 Å². The summed E-state index contributed by atoms with van der Waals surface area (Å²) in [6.45, 7) is 9.23. The van der Waals surface area contributed by atoms with Crippen LogP contribution in [0.3, 0.4) is 0 Å². The Morgan fingerprint density at radius 2 is 2.00 bits per heavy atom. The molecule has 21 heavy (non-hydrogen) atoms. The number of rotatable bonds is 3. The normalized spacial score (nSPS) is 13.2. The second-order valence-electron chi connectivity index (χ2n) is 6.48. The van der Waals surface area contributed by atoms with Gasteiger partial charge < -0.3 is 5.32 Å². The van der Waals surface area contributed by atoms with Crippen molar-refractivity contribution in [3.63, 3.8) is 0 Å². The molecule has 1 amide bonds. The van der Waals surface area contributed by atoms with Gasteiger partial charge in [-0.3, -0.25) is 4.79 Å². The van der Waals surface area contributed by atoms with Crippen LogP contribution in [0.25, 0.3) is 10.9 Å². The number of amides is 1. The maximum atomic E-state index is 12.2. The lowest BCUT2D eigenvalue weighted by molar-refractivity contribution is 0.0932. The minimum Gasteiger partial charge on any atom is -0.350 e. The molecule has 0 aliphatic heterocycles. The summed E-state index contributed by atoms with van der Waals surface area (Å²) in [6, 6.07) is 9.17. The summed E-state index contributed by atoms with van der Waals surface area (Å²) in [7, 11) is 0. The van der Waals surface area contributed by atoms with Gasteiger partial charge in [-0.2, -0.15) is 0 Å². The van der Waals surface area contributed by atoms with Crippen molar-refractivity contribution in [1.82, 2.24) is 10.3 Å².